The molecule has 0 spiro atoms. The summed E-state index contributed by atoms with van der Waals surface area (Å²) in [5.41, 5.74) is 3.37. The summed E-state index contributed by atoms with van der Waals surface area (Å²) in [6, 6.07) is 10.1. The van der Waals surface area contributed by atoms with E-state index in [1.54, 1.807) is 0 Å². The van der Waals surface area contributed by atoms with Crippen molar-refractivity contribution in [1.29, 1.82) is 5.26 Å². The molecule has 1 N–H and O–H groups in total. The summed E-state index contributed by atoms with van der Waals surface area (Å²) in [4.78, 5) is 0. The third-order valence-electron chi connectivity index (χ3n) is 3.88. The van der Waals surface area contributed by atoms with Crippen LogP contribution >= 0.6 is 0 Å². The first-order valence-corrected chi connectivity index (χ1v) is 7.18. The van der Waals surface area contributed by atoms with Crippen molar-refractivity contribution in [2.45, 2.75) is 32.1 Å². The van der Waals surface area contributed by atoms with Gasteiger partial charge in [-0.05, 0) is 43.5 Å². The lowest BCUT2D eigenvalue weighted by Crippen LogP contribution is -2.19. The Hall–Kier alpha value is -1.59. The van der Waals surface area contributed by atoms with Crippen LogP contribution in [0.4, 0.5) is 0 Å². The molecule has 0 bridgehead atoms. The molecule has 1 aromatic rings. The molecule has 0 unspecified atom stereocenters. The number of rotatable bonds is 4. The maximum Gasteiger partial charge on any atom is 0.0991 e. The van der Waals surface area contributed by atoms with E-state index in [9.17, 15) is 0 Å². The van der Waals surface area contributed by atoms with Gasteiger partial charge in [-0.25, -0.2) is 0 Å². The molecule has 0 atom stereocenters. The zero-order valence-electron chi connectivity index (χ0n) is 11.7. The summed E-state index contributed by atoms with van der Waals surface area (Å²) >= 11 is 0. The molecule has 1 fully saturated rings. The van der Waals surface area contributed by atoms with Gasteiger partial charge in [-0.2, -0.15) is 5.26 Å². The second-order valence-electron chi connectivity index (χ2n) is 5.32. The van der Waals surface area contributed by atoms with Crippen molar-refractivity contribution in [3.63, 3.8) is 0 Å². The second-order valence-corrected chi connectivity index (χ2v) is 5.32. The average molecular weight is 254 g/mol. The lowest BCUT2D eigenvalue weighted by atomic mass is 9.83. The monoisotopic (exact) mass is 254 g/mol. The van der Waals surface area contributed by atoms with Crippen molar-refractivity contribution in [3.05, 3.63) is 41.0 Å². The van der Waals surface area contributed by atoms with Gasteiger partial charge in [0.05, 0.1) is 11.6 Å². The lowest BCUT2D eigenvalue weighted by molar-refractivity contribution is 0.398. The van der Waals surface area contributed by atoms with Gasteiger partial charge in [-0.3, -0.25) is 0 Å². The van der Waals surface area contributed by atoms with Crippen LogP contribution in [0.25, 0.3) is 6.08 Å². The summed E-state index contributed by atoms with van der Waals surface area (Å²) in [5, 5.41) is 12.2. The summed E-state index contributed by atoms with van der Waals surface area (Å²) in [5.74, 6) is 0.715. The minimum atomic E-state index is 0.715. The topological polar surface area (TPSA) is 35.8 Å². The van der Waals surface area contributed by atoms with E-state index in [0.717, 1.165) is 17.7 Å². The van der Waals surface area contributed by atoms with Crippen LogP contribution in [0.3, 0.4) is 0 Å². The molecule has 1 saturated carbocycles. The molecule has 0 aliphatic heterocycles. The molecule has 1 aromatic carbocycles. The molecule has 19 heavy (non-hydrogen) atoms. The van der Waals surface area contributed by atoms with Crippen LogP contribution in [-0.2, 0) is 0 Å². The van der Waals surface area contributed by atoms with E-state index in [4.69, 9.17) is 5.26 Å². The highest BCUT2D eigenvalue weighted by atomic mass is 14.8. The fraction of sp³-hybridized carbons (Fsp3) is 0.471. The Kier molecular flexibility index (Phi) is 5.18. The molecule has 1 aliphatic carbocycles. The van der Waals surface area contributed by atoms with Crippen molar-refractivity contribution in [1.82, 2.24) is 5.32 Å². The molecule has 0 amide bonds. The second kappa shape index (κ2) is 7.11. The Morgan fingerprint density at radius 1 is 1.37 bits per heavy atom. The molecule has 0 radical (unpaired) electrons. The summed E-state index contributed by atoms with van der Waals surface area (Å²) < 4.78 is 0. The third-order valence-corrected chi connectivity index (χ3v) is 3.88. The van der Waals surface area contributed by atoms with E-state index < -0.39 is 0 Å². The molecule has 0 aromatic heterocycles. The first-order valence-electron chi connectivity index (χ1n) is 7.18. The standard InChI is InChI=1S/C17H22N2/c1-19-13-17(16-8-3-2-4-9-16)11-14-6-5-7-15(10-14)12-18/h5-7,10-11,16,19H,2-4,8-9,13H2,1H3. The fourth-order valence-electron chi connectivity index (χ4n) is 2.90. The van der Waals surface area contributed by atoms with Crippen LogP contribution < -0.4 is 5.32 Å². The van der Waals surface area contributed by atoms with Crippen molar-refractivity contribution in [2.75, 3.05) is 13.6 Å². The Labute approximate surface area is 116 Å². The Balaban J connectivity index is 2.21. The van der Waals surface area contributed by atoms with Crippen molar-refractivity contribution < 1.29 is 0 Å². The predicted molar refractivity (Wildman–Crippen MR) is 79.6 cm³/mol. The van der Waals surface area contributed by atoms with Gasteiger partial charge in [0, 0.05) is 6.54 Å². The van der Waals surface area contributed by atoms with E-state index >= 15 is 0 Å². The number of nitriles is 1. The maximum absolute atomic E-state index is 8.97. The number of hydrogen-bond donors (Lipinski definition) is 1. The highest BCUT2D eigenvalue weighted by molar-refractivity contribution is 5.56. The van der Waals surface area contributed by atoms with E-state index in [1.807, 2.05) is 25.2 Å². The molecular formula is C17H22N2. The Morgan fingerprint density at radius 3 is 2.84 bits per heavy atom. The normalized spacial score (nSPS) is 17.2. The smallest absolute Gasteiger partial charge is 0.0991 e. The molecule has 2 rings (SSSR count). The minimum absolute atomic E-state index is 0.715. The quantitative estimate of drug-likeness (QED) is 0.888. The zero-order chi connectivity index (χ0) is 13.5. The van der Waals surface area contributed by atoms with Crippen LogP contribution in [-0.4, -0.2) is 13.6 Å². The summed E-state index contributed by atoms with van der Waals surface area (Å²) in [6.07, 6.45) is 8.98. The number of hydrogen-bond acceptors (Lipinski definition) is 2. The summed E-state index contributed by atoms with van der Waals surface area (Å²) in [7, 11) is 2.00. The molecule has 1 aliphatic rings. The third kappa shape index (κ3) is 3.94. The highest BCUT2D eigenvalue weighted by Crippen LogP contribution is 2.30. The SMILES string of the molecule is CNCC(=Cc1cccc(C#N)c1)C1CCCCC1. The summed E-state index contributed by atoms with van der Waals surface area (Å²) in [6.45, 7) is 0.946. The Morgan fingerprint density at radius 2 is 2.16 bits per heavy atom. The van der Waals surface area contributed by atoms with Crippen LogP contribution in [0.15, 0.2) is 29.8 Å². The fourth-order valence-corrected chi connectivity index (χ4v) is 2.90. The van der Waals surface area contributed by atoms with Gasteiger partial charge in [0.25, 0.3) is 0 Å². The minimum Gasteiger partial charge on any atom is -0.316 e. The molecule has 2 heteroatoms. The van der Waals surface area contributed by atoms with Crippen LogP contribution in [0.5, 0.6) is 0 Å². The molecule has 0 heterocycles. The number of nitrogens with zero attached hydrogens (tertiary/aromatic N) is 1. The van der Waals surface area contributed by atoms with Crippen LogP contribution in [0.1, 0.15) is 43.2 Å². The van der Waals surface area contributed by atoms with Crippen LogP contribution in [0.2, 0.25) is 0 Å². The molecule has 2 nitrogen and oxygen atoms in total. The van der Waals surface area contributed by atoms with Gasteiger partial charge in [0.2, 0.25) is 0 Å². The number of nitrogens with one attached hydrogen (secondary N) is 1. The van der Waals surface area contributed by atoms with Gasteiger partial charge in [0.15, 0.2) is 0 Å². The van der Waals surface area contributed by atoms with Gasteiger partial charge in [-0.15, -0.1) is 0 Å². The maximum atomic E-state index is 8.97. The van der Waals surface area contributed by atoms with E-state index in [2.05, 4.69) is 23.5 Å². The van der Waals surface area contributed by atoms with E-state index in [-0.39, 0.29) is 0 Å². The predicted octanol–water partition coefficient (Wildman–Crippen LogP) is 3.74. The van der Waals surface area contributed by atoms with Crippen molar-refractivity contribution in [3.8, 4) is 6.07 Å². The number of likely N-dealkylation sites (N-methyl/N-ethyl adjacent to an activating group) is 1. The molecule has 100 valence electrons. The van der Waals surface area contributed by atoms with E-state index in [1.165, 1.54) is 37.7 Å². The zero-order valence-corrected chi connectivity index (χ0v) is 11.7. The van der Waals surface area contributed by atoms with Crippen LogP contribution in [0, 0.1) is 17.2 Å². The van der Waals surface area contributed by atoms with E-state index in [0.29, 0.717) is 5.92 Å². The first-order chi connectivity index (χ1) is 9.33. The van der Waals surface area contributed by atoms with Gasteiger partial charge >= 0.3 is 0 Å². The first kappa shape index (κ1) is 13.8. The van der Waals surface area contributed by atoms with Gasteiger partial charge < -0.3 is 5.32 Å². The molecule has 0 saturated heterocycles. The van der Waals surface area contributed by atoms with Crippen molar-refractivity contribution >= 4 is 6.08 Å². The molecular weight excluding hydrogens is 232 g/mol. The average Bonchev–Trinajstić information content (AvgIpc) is 2.48. The van der Waals surface area contributed by atoms with Gasteiger partial charge in [-0.1, -0.05) is 43.0 Å². The highest BCUT2D eigenvalue weighted by Gasteiger charge is 2.17. The van der Waals surface area contributed by atoms with Crippen molar-refractivity contribution in [2.24, 2.45) is 5.92 Å². The Bertz CT molecular complexity index is 476. The number of benzene rings is 1. The van der Waals surface area contributed by atoms with Gasteiger partial charge in [0.1, 0.15) is 0 Å². The largest absolute Gasteiger partial charge is 0.316 e. The lowest BCUT2D eigenvalue weighted by Gasteiger charge is -2.24.